The second kappa shape index (κ2) is 5.37. The van der Waals surface area contributed by atoms with Crippen molar-refractivity contribution >= 4 is 22.8 Å². The standard InChI is InChI=1S/C17H20N4O2/c1-10-19-14-5-2-11(6-15(14)20-10)7-17(23)21-12-3-4-13(21)9-18-16(22)8-12/h2,5-6,12-13H,3-4,7-9H2,1H3,(H,18,22)(H,19,20)/t12-,13+/m1/s1. The Kier molecular flexibility index (Phi) is 3.32. The van der Waals surface area contributed by atoms with Crippen molar-refractivity contribution < 1.29 is 9.59 Å². The van der Waals surface area contributed by atoms with Crippen LogP contribution in [0.1, 0.15) is 30.7 Å². The maximum atomic E-state index is 12.8. The van der Waals surface area contributed by atoms with Gasteiger partial charge in [-0.3, -0.25) is 9.59 Å². The number of H-pyrrole nitrogens is 1. The zero-order valence-corrected chi connectivity index (χ0v) is 13.1. The van der Waals surface area contributed by atoms with Gasteiger partial charge in [0.05, 0.1) is 17.5 Å². The van der Waals surface area contributed by atoms with Gasteiger partial charge in [-0.1, -0.05) is 6.07 Å². The van der Waals surface area contributed by atoms with E-state index in [1.807, 2.05) is 30.0 Å². The average molecular weight is 312 g/mol. The van der Waals surface area contributed by atoms with Crippen LogP contribution in [-0.2, 0) is 16.0 Å². The molecule has 2 aliphatic rings. The minimum absolute atomic E-state index is 0.0596. The third kappa shape index (κ3) is 2.58. The number of aromatic amines is 1. The number of nitrogens with zero attached hydrogens (tertiary/aromatic N) is 2. The first-order chi connectivity index (χ1) is 11.1. The maximum absolute atomic E-state index is 12.8. The minimum Gasteiger partial charge on any atom is -0.354 e. The molecule has 120 valence electrons. The van der Waals surface area contributed by atoms with E-state index < -0.39 is 0 Å². The molecule has 2 aromatic rings. The predicted molar refractivity (Wildman–Crippen MR) is 85.8 cm³/mol. The van der Waals surface area contributed by atoms with E-state index in [1.54, 1.807) is 0 Å². The SMILES string of the molecule is Cc1nc2ccc(CC(=O)N3[C@@H]4CC[C@H]3CNC(=O)C4)cc2[nH]1. The van der Waals surface area contributed by atoms with Crippen LogP contribution in [-0.4, -0.2) is 45.3 Å². The predicted octanol–water partition coefficient (Wildman–Crippen LogP) is 1.29. The fraction of sp³-hybridized carbons (Fsp3) is 0.471. The molecule has 2 saturated heterocycles. The van der Waals surface area contributed by atoms with Crippen LogP contribution in [0.15, 0.2) is 18.2 Å². The average Bonchev–Trinajstić information content (AvgIpc) is 3.01. The maximum Gasteiger partial charge on any atom is 0.227 e. The molecule has 0 saturated carbocycles. The highest BCUT2D eigenvalue weighted by Crippen LogP contribution is 2.29. The molecule has 2 fully saturated rings. The first-order valence-electron chi connectivity index (χ1n) is 8.13. The summed E-state index contributed by atoms with van der Waals surface area (Å²) in [7, 11) is 0. The van der Waals surface area contributed by atoms with Gasteiger partial charge in [0.25, 0.3) is 0 Å². The molecule has 0 radical (unpaired) electrons. The van der Waals surface area contributed by atoms with Crippen molar-refractivity contribution in [3.8, 4) is 0 Å². The van der Waals surface area contributed by atoms with Crippen LogP contribution in [0, 0.1) is 6.92 Å². The molecule has 0 aliphatic carbocycles. The number of amides is 2. The summed E-state index contributed by atoms with van der Waals surface area (Å²) in [4.78, 5) is 34.0. The van der Waals surface area contributed by atoms with Gasteiger partial charge in [0, 0.05) is 25.0 Å². The highest BCUT2D eigenvalue weighted by molar-refractivity contribution is 5.84. The summed E-state index contributed by atoms with van der Waals surface area (Å²) in [5.41, 5.74) is 2.86. The van der Waals surface area contributed by atoms with E-state index in [9.17, 15) is 9.59 Å². The van der Waals surface area contributed by atoms with Crippen molar-refractivity contribution in [3.05, 3.63) is 29.6 Å². The second-order valence-corrected chi connectivity index (χ2v) is 6.54. The zero-order chi connectivity index (χ0) is 16.0. The number of aromatic nitrogens is 2. The van der Waals surface area contributed by atoms with Crippen LogP contribution < -0.4 is 5.32 Å². The van der Waals surface area contributed by atoms with Crippen LogP contribution in [0.4, 0.5) is 0 Å². The van der Waals surface area contributed by atoms with E-state index in [0.29, 0.717) is 19.4 Å². The second-order valence-electron chi connectivity index (χ2n) is 6.54. The number of carbonyl (C=O) groups is 2. The van der Waals surface area contributed by atoms with E-state index in [-0.39, 0.29) is 23.9 Å². The lowest BCUT2D eigenvalue weighted by atomic mass is 10.1. The third-order valence-electron chi connectivity index (χ3n) is 4.88. The summed E-state index contributed by atoms with van der Waals surface area (Å²) in [5, 5.41) is 2.91. The Morgan fingerprint density at radius 2 is 2.17 bits per heavy atom. The van der Waals surface area contributed by atoms with E-state index in [1.165, 1.54) is 0 Å². The van der Waals surface area contributed by atoms with Gasteiger partial charge in [-0.15, -0.1) is 0 Å². The number of hydrogen-bond acceptors (Lipinski definition) is 3. The summed E-state index contributed by atoms with van der Waals surface area (Å²) in [6.45, 7) is 2.50. The van der Waals surface area contributed by atoms with Crippen LogP contribution in [0.5, 0.6) is 0 Å². The van der Waals surface area contributed by atoms with Gasteiger partial charge in [0.2, 0.25) is 11.8 Å². The normalized spacial score (nSPS) is 23.9. The van der Waals surface area contributed by atoms with Crippen molar-refractivity contribution in [1.82, 2.24) is 20.2 Å². The molecule has 6 nitrogen and oxygen atoms in total. The Morgan fingerprint density at radius 1 is 1.35 bits per heavy atom. The highest BCUT2D eigenvalue weighted by Gasteiger charge is 2.39. The van der Waals surface area contributed by atoms with Gasteiger partial charge in [-0.25, -0.2) is 4.98 Å². The zero-order valence-electron chi connectivity index (χ0n) is 13.1. The van der Waals surface area contributed by atoms with E-state index in [0.717, 1.165) is 35.3 Å². The van der Waals surface area contributed by atoms with Crippen LogP contribution in [0.3, 0.4) is 0 Å². The first-order valence-corrected chi connectivity index (χ1v) is 8.13. The first kappa shape index (κ1) is 14.2. The van der Waals surface area contributed by atoms with Crippen molar-refractivity contribution in [1.29, 1.82) is 0 Å². The van der Waals surface area contributed by atoms with Crippen molar-refractivity contribution in [2.24, 2.45) is 0 Å². The third-order valence-corrected chi connectivity index (χ3v) is 4.88. The van der Waals surface area contributed by atoms with Crippen molar-refractivity contribution in [2.75, 3.05) is 6.54 Å². The molecule has 23 heavy (non-hydrogen) atoms. The molecular weight excluding hydrogens is 292 g/mol. The Bertz CT molecular complexity index is 782. The number of imidazole rings is 1. The number of fused-ring (bicyclic) bond motifs is 3. The summed E-state index contributed by atoms with van der Waals surface area (Å²) >= 11 is 0. The molecule has 0 unspecified atom stereocenters. The van der Waals surface area contributed by atoms with Crippen molar-refractivity contribution in [3.63, 3.8) is 0 Å². The lowest BCUT2D eigenvalue weighted by molar-refractivity contribution is -0.133. The summed E-state index contributed by atoms with van der Waals surface area (Å²) < 4.78 is 0. The molecule has 2 N–H and O–H groups in total. The van der Waals surface area contributed by atoms with Gasteiger partial charge in [-0.2, -0.15) is 0 Å². The molecule has 0 spiro atoms. The van der Waals surface area contributed by atoms with E-state index in [4.69, 9.17) is 0 Å². The number of aryl methyl sites for hydroxylation is 1. The molecule has 3 heterocycles. The quantitative estimate of drug-likeness (QED) is 0.877. The topological polar surface area (TPSA) is 78.1 Å². The Balaban J connectivity index is 1.55. The van der Waals surface area contributed by atoms with Gasteiger partial charge in [-0.05, 0) is 37.5 Å². The van der Waals surface area contributed by atoms with Crippen molar-refractivity contribution in [2.45, 2.75) is 44.7 Å². The number of benzene rings is 1. The number of rotatable bonds is 2. The van der Waals surface area contributed by atoms with E-state index >= 15 is 0 Å². The number of hydrogen-bond donors (Lipinski definition) is 2. The highest BCUT2D eigenvalue weighted by atomic mass is 16.2. The largest absolute Gasteiger partial charge is 0.354 e. The molecule has 6 heteroatoms. The molecule has 2 aliphatic heterocycles. The molecule has 2 amide bonds. The van der Waals surface area contributed by atoms with Gasteiger partial charge in [0.1, 0.15) is 5.82 Å². The lowest BCUT2D eigenvalue weighted by Gasteiger charge is -2.27. The Labute approximate surface area is 134 Å². The fourth-order valence-electron chi connectivity index (χ4n) is 3.85. The smallest absolute Gasteiger partial charge is 0.227 e. The van der Waals surface area contributed by atoms with Gasteiger partial charge < -0.3 is 15.2 Å². The summed E-state index contributed by atoms with van der Waals surface area (Å²) in [6, 6.07) is 6.12. The molecule has 1 aromatic carbocycles. The summed E-state index contributed by atoms with van der Waals surface area (Å²) in [5.74, 6) is 1.05. The Morgan fingerprint density at radius 3 is 3.04 bits per heavy atom. The van der Waals surface area contributed by atoms with Gasteiger partial charge >= 0.3 is 0 Å². The van der Waals surface area contributed by atoms with E-state index in [2.05, 4.69) is 15.3 Å². The minimum atomic E-state index is 0.0596. The molecule has 4 rings (SSSR count). The summed E-state index contributed by atoms with van der Waals surface area (Å²) in [6.07, 6.45) is 2.72. The monoisotopic (exact) mass is 312 g/mol. The number of nitrogens with one attached hydrogen (secondary N) is 2. The van der Waals surface area contributed by atoms with Crippen LogP contribution in [0.2, 0.25) is 0 Å². The Hall–Kier alpha value is -2.37. The van der Waals surface area contributed by atoms with Crippen LogP contribution in [0.25, 0.3) is 11.0 Å². The van der Waals surface area contributed by atoms with Crippen LogP contribution >= 0.6 is 0 Å². The van der Waals surface area contributed by atoms with Gasteiger partial charge in [0.15, 0.2) is 0 Å². The molecule has 2 bridgehead atoms. The lowest BCUT2D eigenvalue weighted by Crippen LogP contribution is -2.43. The number of carbonyl (C=O) groups excluding carboxylic acids is 2. The fourth-order valence-corrected chi connectivity index (χ4v) is 3.85. The molecule has 2 atom stereocenters. The molecule has 1 aromatic heterocycles. The molecular formula is C17H20N4O2.